The van der Waals surface area contributed by atoms with Crippen molar-refractivity contribution in [3.63, 3.8) is 0 Å². The van der Waals surface area contributed by atoms with Gasteiger partial charge in [0.1, 0.15) is 0 Å². The van der Waals surface area contributed by atoms with E-state index < -0.39 is 0 Å². The second-order valence-corrected chi connectivity index (χ2v) is 4.77. The molecule has 2 rings (SSSR count). The van der Waals surface area contributed by atoms with E-state index in [0.29, 0.717) is 18.6 Å². The standard InChI is InChI=1S/C11H20N2O2/c1-8(12)2-5-11(14)13-6-9-3-4-10(7-13)15-9/h8-10H,2-7,12H2,1H3. The molecule has 3 atom stereocenters. The van der Waals surface area contributed by atoms with Gasteiger partial charge in [-0.1, -0.05) is 0 Å². The van der Waals surface area contributed by atoms with Crippen molar-refractivity contribution in [3.05, 3.63) is 0 Å². The Morgan fingerprint density at radius 2 is 2.07 bits per heavy atom. The molecule has 2 aliphatic heterocycles. The number of hydrogen-bond acceptors (Lipinski definition) is 3. The van der Waals surface area contributed by atoms with Gasteiger partial charge in [-0.25, -0.2) is 0 Å². The van der Waals surface area contributed by atoms with Crippen molar-refractivity contribution < 1.29 is 9.53 Å². The topological polar surface area (TPSA) is 55.6 Å². The summed E-state index contributed by atoms with van der Waals surface area (Å²) in [6, 6.07) is 0.117. The van der Waals surface area contributed by atoms with E-state index >= 15 is 0 Å². The molecule has 4 heteroatoms. The molecule has 2 fully saturated rings. The Morgan fingerprint density at radius 3 is 2.60 bits per heavy atom. The summed E-state index contributed by atoms with van der Waals surface area (Å²) < 4.78 is 5.68. The molecule has 2 bridgehead atoms. The molecule has 2 heterocycles. The number of rotatable bonds is 3. The van der Waals surface area contributed by atoms with E-state index in [0.717, 1.165) is 32.4 Å². The normalized spacial score (nSPS) is 31.7. The number of carbonyl (C=O) groups excluding carboxylic acids is 1. The van der Waals surface area contributed by atoms with Crippen LogP contribution in [0.25, 0.3) is 0 Å². The first-order valence-electron chi connectivity index (χ1n) is 5.84. The third-order valence-electron chi connectivity index (χ3n) is 3.21. The molecule has 0 aromatic heterocycles. The van der Waals surface area contributed by atoms with Crippen molar-refractivity contribution in [3.8, 4) is 0 Å². The molecule has 86 valence electrons. The number of ether oxygens (including phenoxy) is 1. The Morgan fingerprint density at radius 1 is 1.47 bits per heavy atom. The number of fused-ring (bicyclic) bond motifs is 2. The summed E-state index contributed by atoms with van der Waals surface area (Å²) in [5, 5.41) is 0. The summed E-state index contributed by atoms with van der Waals surface area (Å²) in [7, 11) is 0. The predicted octanol–water partition coefficient (Wildman–Crippen LogP) is 0.504. The molecule has 0 aromatic carbocycles. The van der Waals surface area contributed by atoms with Gasteiger partial charge in [0.15, 0.2) is 0 Å². The monoisotopic (exact) mass is 212 g/mol. The van der Waals surface area contributed by atoms with Gasteiger partial charge in [-0.05, 0) is 26.2 Å². The van der Waals surface area contributed by atoms with Crippen LogP contribution >= 0.6 is 0 Å². The molecule has 0 aromatic rings. The summed E-state index contributed by atoms with van der Waals surface area (Å²) in [6.45, 7) is 3.51. The molecule has 3 unspecified atom stereocenters. The van der Waals surface area contributed by atoms with Crippen molar-refractivity contribution in [2.75, 3.05) is 13.1 Å². The minimum Gasteiger partial charge on any atom is -0.371 e. The van der Waals surface area contributed by atoms with E-state index in [-0.39, 0.29) is 11.9 Å². The zero-order chi connectivity index (χ0) is 10.8. The van der Waals surface area contributed by atoms with Crippen LogP contribution in [0, 0.1) is 0 Å². The fourth-order valence-electron chi connectivity index (χ4n) is 2.33. The van der Waals surface area contributed by atoms with Gasteiger partial charge in [0.2, 0.25) is 5.91 Å². The fraction of sp³-hybridized carbons (Fsp3) is 0.909. The van der Waals surface area contributed by atoms with Gasteiger partial charge < -0.3 is 15.4 Å². The molecule has 4 nitrogen and oxygen atoms in total. The molecule has 2 aliphatic rings. The molecular formula is C11H20N2O2. The van der Waals surface area contributed by atoms with Gasteiger partial charge in [-0.2, -0.15) is 0 Å². The number of carbonyl (C=O) groups is 1. The fourth-order valence-corrected chi connectivity index (χ4v) is 2.33. The molecule has 0 spiro atoms. The predicted molar refractivity (Wildman–Crippen MR) is 57.4 cm³/mol. The lowest BCUT2D eigenvalue weighted by Gasteiger charge is -2.32. The van der Waals surface area contributed by atoms with Crippen LogP contribution in [0.1, 0.15) is 32.6 Å². The smallest absolute Gasteiger partial charge is 0.222 e. The molecule has 2 N–H and O–H groups in total. The van der Waals surface area contributed by atoms with E-state index in [1.54, 1.807) is 0 Å². The van der Waals surface area contributed by atoms with E-state index in [1.807, 2.05) is 11.8 Å². The van der Waals surface area contributed by atoms with Gasteiger partial charge in [-0.3, -0.25) is 4.79 Å². The number of morpholine rings is 1. The first kappa shape index (κ1) is 10.9. The average Bonchev–Trinajstić information content (AvgIpc) is 2.54. The van der Waals surface area contributed by atoms with E-state index in [1.165, 1.54) is 0 Å². The minimum absolute atomic E-state index is 0.117. The minimum atomic E-state index is 0.117. The van der Waals surface area contributed by atoms with Gasteiger partial charge in [0, 0.05) is 25.6 Å². The lowest BCUT2D eigenvalue weighted by molar-refractivity contribution is -0.140. The highest BCUT2D eigenvalue weighted by atomic mass is 16.5. The van der Waals surface area contributed by atoms with Gasteiger partial charge in [-0.15, -0.1) is 0 Å². The van der Waals surface area contributed by atoms with Crippen LogP contribution in [-0.2, 0) is 9.53 Å². The lowest BCUT2D eigenvalue weighted by atomic mass is 10.1. The number of nitrogens with two attached hydrogens (primary N) is 1. The summed E-state index contributed by atoms with van der Waals surface area (Å²) in [4.78, 5) is 13.8. The lowest BCUT2D eigenvalue weighted by Crippen LogP contribution is -2.46. The average molecular weight is 212 g/mol. The first-order chi connectivity index (χ1) is 7.15. The second-order valence-electron chi connectivity index (χ2n) is 4.77. The summed E-state index contributed by atoms with van der Waals surface area (Å²) >= 11 is 0. The molecule has 15 heavy (non-hydrogen) atoms. The van der Waals surface area contributed by atoms with E-state index in [2.05, 4.69) is 0 Å². The number of nitrogens with zero attached hydrogens (tertiary/aromatic N) is 1. The quantitative estimate of drug-likeness (QED) is 0.741. The Balaban J connectivity index is 1.81. The first-order valence-corrected chi connectivity index (χ1v) is 5.84. The molecule has 2 saturated heterocycles. The summed E-state index contributed by atoms with van der Waals surface area (Å²) in [5.41, 5.74) is 5.64. The Kier molecular flexibility index (Phi) is 3.26. The van der Waals surface area contributed by atoms with Gasteiger partial charge in [0.25, 0.3) is 0 Å². The molecule has 0 aliphatic carbocycles. The molecule has 0 saturated carbocycles. The zero-order valence-corrected chi connectivity index (χ0v) is 9.32. The summed E-state index contributed by atoms with van der Waals surface area (Å²) in [5.74, 6) is 0.243. The second kappa shape index (κ2) is 4.49. The molecular weight excluding hydrogens is 192 g/mol. The Hall–Kier alpha value is -0.610. The van der Waals surface area contributed by atoms with Crippen LogP contribution in [0.2, 0.25) is 0 Å². The van der Waals surface area contributed by atoms with Crippen molar-refractivity contribution in [1.82, 2.24) is 4.90 Å². The third-order valence-corrected chi connectivity index (χ3v) is 3.21. The van der Waals surface area contributed by atoms with Crippen molar-refractivity contribution in [1.29, 1.82) is 0 Å². The van der Waals surface area contributed by atoms with Crippen molar-refractivity contribution >= 4 is 5.91 Å². The Labute approximate surface area is 90.8 Å². The number of likely N-dealkylation sites (tertiary alicyclic amines) is 1. The van der Waals surface area contributed by atoms with Crippen molar-refractivity contribution in [2.24, 2.45) is 5.73 Å². The molecule has 1 amide bonds. The number of hydrogen-bond donors (Lipinski definition) is 1. The third kappa shape index (κ3) is 2.69. The van der Waals surface area contributed by atoms with E-state index in [9.17, 15) is 4.79 Å². The molecule has 0 radical (unpaired) electrons. The van der Waals surface area contributed by atoms with Crippen LogP contribution in [0.4, 0.5) is 0 Å². The SMILES string of the molecule is CC(N)CCC(=O)N1CC2CCC(C1)O2. The maximum absolute atomic E-state index is 11.8. The van der Waals surface area contributed by atoms with Crippen molar-refractivity contribution in [2.45, 2.75) is 50.9 Å². The highest BCUT2D eigenvalue weighted by Crippen LogP contribution is 2.26. The van der Waals surface area contributed by atoms with Gasteiger partial charge in [0.05, 0.1) is 12.2 Å². The van der Waals surface area contributed by atoms with Crippen LogP contribution in [0.15, 0.2) is 0 Å². The Bertz CT molecular complexity index is 231. The largest absolute Gasteiger partial charge is 0.371 e. The number of amides is 1. The van der Waals surface area contributed by atoms with Gasteiger partial charge >= 0.3 is 0 Å². The van der Waals surface area contributed by atoms with Crippen LogP contribution in [0.3, 0.4) is 0 Å². The zero-order valence-electron chi connectivity index (χ0n) is 9.32. The maximum atomic E-state index is 11.8. The van der Waals surface area contributed by atoms with Crippen LogP contribution in [-0.4, -0.2) is 42.1 Å². The highest BCUT2D eigenvalue weighted by molar-refractivity contribution is 5.76. The van der Waals surface area contributed by atoms with Crippen LogP contribution < -0.4 is 5.73 Å². The van der Waals surface area contributed by atoms with E-state index in [4.69, 9.17) is 10.5 Å². The van der Waals surface area contributed by atoms with Crippen LogP contribution in [0.5, 0.6) is 0 Å². The highest BCUT2D eigenvalue weighted by Gasteiger charge is 2.35. The summed E-state index contributed by atoms with van der Waals surface area (Å²) in [6.07, 6.45) is 4.18. The maximum Gasteiger partial charge on any atom is 0.222 e.